The number of nitrogens with zero attached hydrogens (tertiary/aromatic N) is 5. The van der Waals surface area contributed by atoms with Crippen molar-refractivity contribution in [2.24, 2.45) is 10.1 Å². The predicted molar refractivity (Wildman–Crippen MR) is 78.5 cm³/mol. The van der Waals surface area contributed by atoms with Gasteiger partial charge < -0.3 is 0 Å². The van der Waals surface area contributed by atoms with Crippen LogP contribution in [0.2, 0.25) is 0 Å². The minimum absolute atomic E-state index is 0.124. The molecule has 0 amide bonds. The van der Waals surface area contributed by atoms with Crippen molar-refractivity contribution in [3.05, 3.63) is 66.4 Å². The Balaban J connectivity index is 2.18. The standard InChI is InChI=1S/C11H8N6O6/c18-15(19)8-3-1-7(2-4-8)13-14-11-10(17(22)23)5-9(6-12-11)16(20)21/h1-6,10,13H/b14-11-. The van der Waals surface area contributed by atoms with Crippen molar-refractivity contribution in [1.29, 1.82) is 0 Å². The number of anilines is 1. The van der Waals surface area contributed by atoms with Gasteiger partial charge in [-0.2, -0.15) is 5.10 Å². The third-order valence-electron chi connectivity index (χ3n) is 2.74. The molecule has 1 atom stereocenters. The zero-order valence-corrected chi connectivity index (χ0v) is 11.2. The van der Waals surface area contributed by atoms with Crippen molar-refractivity contribution in [3.63, 3.8) is 0 Å². The van der Waals surface area contributed by atoms with Crippen LogP contribution in [-0.4, -0.2) is 32.9 Å². The number of nitro groups is 3. The summed E-state index contributed by atoms with van der Waals surface area (Å²) in [6.07, 6.45) is 1.68. The highest BCUT2D eigenvalue weighted by molar-refractivity contribution is 6.00. The first kappa shape index (κ1) is 15.7. The van der Waals surface area contributed by atoms with Gasteiger partial charge in [-0.25, -0.2) is 4.99 Å². The fourth-order valence-corrected chi connectivity index (χ4v) is 1.63. The Labute approximate surface area is 127 Å². The Hall–Kier alpha value is -3.70. The molecule has 118 valence electrons. The highest BCUT2D eigenvalue weighted by atomic mass is 16.6. The Kier molecular flexibility index (Phi) is 4.35. The number of hydrazone groups is 1. The lowest BCUT2D eigenvalue weighted by Crippen LogP contribution is -2.31. The van der Waals surface area contributed by atoms with Gasteiger partial charge in [0.05, 0.1) is 21.6 Å². The number of amidine groups is 1. The monoisotopic (exact) mass is 320 g/mol. The number of aliphatic imine (C=N–C) groups is 1. The molecule has 1 aliphatic rings. The zero-order chi connectivity index (χ0) is 17.0. The van der Waals surface area contributed by atoms with E-state index in [9.17, 15) is 30.3 Å². The van der Waals surface area contributed by atoms with Crippen LogP contribution in [0.25, 0.3) is 0 Å². The molecule has 2 rings (SSSR count). The lowest BCUT2D eigenvalue weighted by molar-refractivity contribution is -0.493. The molecule has 0 aromatic heterocycles. The number of hydrogen-bond donors (Lipinski definition) is 1. The van der Waals surface area contributed by atoms with E-state index in [1.165, 1.54) is 24.3 Å². The van der Waals surface area contributed by atoms with E-state index in [0.717, 1.165) is 12.3 Å². The topological polar surface area (TPSA) is 166 Å². The van der Waals surface area contributed by atoms with Crippen LogP contribution >= 0.6 is 0 Å². The van der Waals surface area contributed by atoms with Gasteiger partial charge in [-0.1, -0.05) is 0 Å². The highest BCUT2D eigenvalue weighted by Crippen LogP contribution is 2.16. The van der Waals surface area contributed by atoms with Crippen LogP contribution < -0.4 is 5.43 Å². The molecule has 12 nitrogen and oxygen atoms in total. The molecular formula is C11H8N6O6. The fourth-order valence-electron chi connectivity index (χ4n) is 1.63. The number of nitro benzene ring substituents is 1. The summed E-state index contributed by atoms with van der Waals surface area (Å²) in [5.41, 5.74) is 2.17. The zero-order valence-electron chi connectivity index (χ0n) is 11.2. The third-order valence-corrected chi connectivity index (χ3v) is 2.74. The van der Waals surface area contributed by atoms with Crippen LogP contribution in [0.5, 0.6) is 0 Å². The molecule has 0 spiro atoms. The van der Waals surface area contributed by atoms with E-state index in [4.69, 9.17) is 0 Å². The van der Waals surface area contributed by atoms with Crippen LogP contribution in [0.4, 0.5) is 11.4 Å². The molecular weight excluding hydrogens is 312 g/mol. The average Bonchev–Trinajstić information content (AvgIpc) is 2.52. The Bertz CT molecular complexity index is 753. The Morgan fingerprint density at radius 3 is 2.22 bits per heavy atom. The summed E-state index contributed by atoms with van der Waals surface area (Å²) in [6, 6.07) is 3.60. The maximum absolute atomic E-state index is 10.9. The van der Waals surface area contributed by atoms with Gasteiger partial charge in [-0.3, -0.25) is 35.8 Å². The van der Waals surface area contributed by atoms with E-state index < -0.39 is 26.5 Å². The number of nitrogens with one attached hydrogen (secondary N) is 1. The smallest absolute Gasteiger partial charge is 0.276 e. The van der Waals surface area contributed by atoms with Crippen LogP contribution in [0.15, 0.2) is 46.1 Å². The van der Waals surface area contributed by atoms with Crippen molar-refractivity contribution in [2.45, 2.75) is 6.04 Å². The number of non-ortho nitro benzene ring substituents is 1. The summed E-state index contributed by atoms with van der Waals surface area (Å²) in [5, 5.41) is 35.8. The lowest BCUT2D eigenvalue weighted by atomic mass is 10.2. The lowest BCUT2D eigenvalue weighted by Gasteiger charge is -2.08. The molecule has 23 heavy (non-hydrogen) atoms. The van der Waals surface area contributed by atoms with Crippen molar-refractivity contribution in [1.82, 2.24) is 0 Å². The fraction of sp³-hybridized carbons (Fsp3) is 0.0909. The second-order valence-corrected chi connectivity index (χ2v) is 4.22. The molecule has 1 aliphatic heterocycles. The summed E-state index contributed by atoms with van der Waals surface area (Å²) in [7, 11) is 0. The highest BCUT2D eigenvalue weighted by Gasteiger charge is 2.32. The molecule has 1 aromatic carbocycles. The number of rotatable bonds is 5. The van der Waals surface area contributed by atoms with Gasteiger partial charge in [-0.15, -0.1) is 0 Å². The van der Waals surface area contributed by atoms with Gasteiger partial charge in [0, 0.05) is 17.1 Å². The van der Waals surface area contributed by atoms with Crippen LogP contribution in [0, 0.1) is 30.3 Å². The van der Waals surface area contributed by atoms with Gasteiger partial charge in [0.15, 0.2) is 0 Å². The number of hydrogen-bond acceptors (Lipinski definition) is 8. The molecule has 1 heterocycles. The molecule has 0 radical (unpaired) electrons. The molecule has 12 heteroatoms. The first-order valence-corrected chi connectivity index (χ1v) is 6.00. The van der Waals surface area contributed by atoms with Gasteiger partial charge in [0.1, 0.15) is 6.21 Å². The average molecular weight is 320 g/mol. The van der Waals surface area contributed by atoms with Crippen LogP contribution in [0.3, 0.4) is 0 Å². The van der Waals surface area contributed by atoms with Crippen molar-refractivity contribution >= 4 is 23.4 Å². The van der Waals surface area contributed by atoms with Crippen molar-refractivity contribution in [3.8, 4) is 0 Å². The second-order valence-electron chi connectivity index (χ2n) is 4.22. The molecule has 0 saturated heterocycles. The minimum atomic E-state index is -1.56. The van der Waals surface area contributed by atoms with Crippen molar-refractivity contribution < 1.29 is 14.8 Å². The molecule has 1 unspecified atom stereocenters. The maximum Gasteiger partial charge on any atom is 0.298 e. The van der Waals surface area contributed by atoms with Crippen LogP contribution in [0.1, 0.15) is 0 Å². The van der Waals surface area contributed by atoms with E-state index in [2.05, 4.69) is 15.5 Å². The molecule has 0 saturated carbocycles. The first-order chi connectivity index (χ1) is 10.9. The summed E-state index contributed by atoms with van der Waals surface area (Å²) >= 11 is 0. The van der Waals surface area contributed by atoms with Gasteiger partial charge >= 0.3 is 0 Å². The first-order valence-electron chi connectivity index (χ1n) is 6.00. The quantitative estimate of drug-likeness (QED) is 0.628. The third kappa shape index (κ3) is 3.69. The van der Waals surface area contributed by atoms with E-state index in [0.29, 0.717) is 5.69 Å². The van der Waals surface area contributed by atoms with Gasteiger partial charge in [0.25, 0.3) is 17.4 Å². The Morgan fingerprint density at radius 2 is 1.70 bits per heavy atom. The van der Waals surface area contributed by atoms with E-state index in [1.807, 2.05) is 0 Å². The molecule has 0 aliphatic carbocycles. The maximum atomic E-state index is 10.9. The largest absolute Gasteiger partial charge is 0.298 e. The normalized spacial score (nSPS) is 18.3. The van der Waals surface area contributed by atoms with E-state index >= 15 is 0 Å². The van der Waals surface area contributed by atoms with Gasteiger partial charge in [0.2, 0.25) is 5.84 Å². The number of allylic oxidation sites excluding steroid dienone is 1. The van der Waals surface area contributed by atoms with E-state index in [-0.39, 0.29) is 11.5 Å². The van der Waals surface area contributed by atoms with E-state index in [1.54, 1.807) is 0 Å². The van der Waals surface area contributed by atoms with Crippen LogP contribution in [-0.2, 0) is 0 Å². The summed E-state index contributed by atoms with van der Waals surface area (Å²) in [5.74, 6) is -0.279. The molecule has 1 N–H and O–H groups in total. The number of dihydropyridines is 1. The van der Waals surface area contributed by atoms with Crippen molar-refractivity contribution in [2.75, 3.05) is 5.43 Å². The molecule has 1 aromatic rings. The molecule has 0 fully saturated rings. The number of benzene rings is 1. The Morgan fingerprint density at radius 1 is 1.04 bits per heavy atom. The predicted octanol–water partition coefficient (Wildman–Crippen LogP) is 1.21. The molecule has 0 bridgehead atoms. The minimum Gasteiger partial charge on any atom is -0.276 e. The van der Waals surface area contributed by atoms with Gasteiger partial charge in [-0.05, 0) is 12.1 Å². The summed E-state index contributed by atoms with van der Waals surface area (Å²) in [6.45, 7) is 0. The second kappa shape index (κ2) is 6.38. The summed E-state index contributed by atoms with van der Waals surface area (Å²) in [4.78, 5) is 33.5. The summed E-state index contributed by atoms with van der Waals surface area (Å²) < 4.78 is 0. The SMILES string of the molecule is O=[N+]([O-])C1=CC([N+](=O)[O-])/C(=N/Nc2ccc([N+](=O)[O-])cc2)N=C1.